The Morgan fingerprint density at radius 2 is 1.90 bits per heavy atom. The fourth-order valence-corrected chi connectivity index (χ4v) is 2.00. The third kappa shape index (κ3) is 3.33. The van der Waals surface area contributed by atoms with Crippen molar-refractivity contribution < 1.29 is 13.9 Å². The molecule has 0 saturated carbocycles. The Kier molecular flexibility index (Phi) is 4.69. The third-order valence-electron chi connectivity index (χ3n) is 2.87. The topological polar surface area (TPSA) is 30.5 Å². The second-order valence-corrected chi connectivity index (χ2v) is 4.58. The SMILES string of the molecule is COc1ccc(OC)c(NCc2ccc(F)c(Cl)c2)c1. The van der Waals surface area contributed by atoms with Crippen molar-refractivity contribution >= 4 is 17.3 Å². The van der Waals surface area contributed by atoms with E-state index in [-0.39, 0.29) is 5.02 Å². The maximum Gasteiger partial charge on any atom is 0.142 e. The highest BCUT2D eigenvalue weighted by atomic mass is 35.5. The zero-order valence-corrected chi connectivity index (χ0v) is 12.0. The molecule has 0 unspecified atom stereocenters. The quantitative estimate of drug-likeness (QED) is 0.900. The molecule has 0 atom stereocenters. The molecule has 0 aromatic heterocycles. The molecule has 106 valence electrons. The van der Waals surface area contributed by atoms with E-state index in [9.17, 15) is 4.39 Å². The van der Waals surface area contributed by atoms with Gasteiger partial charge in [0.2, 0.25) is 0 Å². The number of ether oxygens (including phenoxy) is 2. The Bertz CT molecular complexity index is 604. The van der Waals surface area contributed by atoms with Crippen LogP contribution in [0, 0.1) is 5.82 Å². The lowest BCUT2D eigenvalue weighted by atomic mass is 10.2. The molecular formula is C15H15ClFNO2. The van der Waals surface area contributed by atoms with Crippen LogP contribution in [0.25, 0.3) is 0 Å². The number of methoxy groups -OCH3 is 2. The van der Waals surface area contributed by atoms with Crippen LogP contribution in [0.2, 0.25) is 5.02 Å². The van der Waals surface area contributed by atoms with Gasteiger partial charge in [0.25, 0.3) is 0 Å². The van der Waals surface area contributed by atoms with Crippen LogP contribution < -0.4 is 14.8 Å². The van der Waals surface area contributed by atoms with Crippen LogP contribution in [0.5, 0.6) is 11.5 Å². The molecule has 2 aromatic rings. The molecule has 3 nitrogen and oxygen atoms in total. The van der Waals surface area contributed by atoms with Crippen LogP contribution >= 0.6 is 11.6 Å². The Labute approximate surface area is 122 Å². The first kappa shape index (κ1) is 14.5. The largest absolute Gasteiger partial charge is 0.497 e. The predicted octanol–water partition coefficient (Wildman–Crippen LogP) is 4.11. The number of rotatable bonds is 5. The number of hydrogen-bond donors (Lipinski definition) is 1. The molecule has 0 aliphatic rings. The van der Waals surface area contributed by atoms with Crippen molar-refractivity contribution in [1.29, 1.82) is 0 Å². The number of hydrogen-bond acceptors (Lipinski definition) is 3. The summed E-state index contributed by atoms with van der Waals surface area (Å²) in [4.78, 5) is 0. The average molecular weight is 296 g/mol. The number of nitrogens with one attached hydrogen (secondary N) is 1. The summed E-state index contributed by atoms with van der Waals surface area (Å²) >= 11 is 5.75. The van der Waals surface area contributed by atoms with E-state index >= 15 is 0 Å². The van der Waals surface area contributed by atoms with Gasteiger partial charge in [-0.1, -0.05) is 17.7 Å². The predicted molar refractivity (Wildman–Crippen MR) is 78.3 cm³/mol. The zero-order chi connectivity index (χ0) is 14.5. The molecule has 2 aromatic carbocycles. The first-order valence-corrected chi connectivity index (χ1v) is 6.41. The third-order valence-corrected chi connectivity index (χ3v) is 3.16. The van der Waals surface area contributed by atoms with Crippen LogP contribution in [-0.2, 0) is 6.54 Å². The number of halogens is 2. The Morgan fingerprint density at radius 1 is 1.10 bits per heavy atom. The van der Waals surface area contributed by atoms with Gasteiger partial charge in [0.1, 0.15) is 17.3 Å². The molecule has 0 aliphatic carbocycles. The monoisotopic (exact) mass is 295 g/mol. The van der Waals surface area contributed by atoms with E-state index in [0.717, 1.165) is 17.0 Å². The number of benzene rings is 2. The smallest absolute Gasteiger partial charge is 0.142 e. The first-order valence-electron chi connectivity index (χ1n) is 6.04. The molecular weight excluding hydrogens is 281 g/mol. The molecule has 0 aliphatic heterocycles. The molecule has 0 saturated heterocycles. The van der Waals surface area contributed by atoms with Gasteiger partial charge in [-0.2, -0.15) is 0 Å². The maximum atomic E-state index is 13.1. The molecule has 0 heterocycles. The van der Waals surface area contributed by atoms with E-state index in [4.69, 9.17) is 21.1 Å². The molecule has 0 spiro atoms. The van der Waals surface area contributed by atoms with Crippen LogP contribution in [0.4, 0.5) is 10.1 Å². The van der Waals surface area contributed by atoms with E-state index in [0.29, 0.717) is 12.3 Å². The summed E-state index contributed by atoms with van der Waals surface area (Å²) in [6, 6.07) is 10.1. The summed E-state index contributed by atoms with van der Waals surface area (Å²) in [7, 11) is 3.20. The van der Waals surface area contributed by atoms with Gasteiger partial charge >= 0.3 is 0 Å². The average Bonchev–Trinajstić information content (AvgIpc) is 2.48. The summed E-state index contributed by atoms with van der Waals surface area (Å²) < 4.78 is 23.5. The fourth-order valence-electron chi connectivity index (χ4n) is 1.80. The Balaban J connectivity index is 2.15. The summed E-state index contributed by atoms with van der Waals surface area (Å²) in [5.74, 6) is 1.01. The van der Waals surface area contributed by atoms with E-state index < -0.39 is 5.82 Å². The lowest BCUT2D eigenvalue weighted by molar-refractivity contribution is 0.404. The van der Waals surface area contributed by atoms with Gasteiger partial charge in [-0.05, 0) is 29.8 Å². The summed E-state index contributed by atoms with van der Waals surface area (Å²) in [6.07, 6.45) is 0. The minimum Gasteiger partial charge on any atom is -0.497 e. The standard InChI is InChI=1S/C15H15ClFNO2/c1-19-11-4-6-15(20-2)14(8-11)18-9-10-3-5-13(17)12(16)7-10/h3-8,18H,9H2,1-2H3. The fraction of sp³-hybridized carbons (Fsp3) is 0.200. The lowest BCUT2D eigenvalue weighted by Crippen LogP contribution is -2.02. The van der Waals surface area contributed by atoms with Crippen LogP contribution in [0.15, 0.2) is 36.4 Å². The van der Waals surface area contributed by atoms with Crippen molar-refractivity contribution in [3.05, 3.63) is 52.8 Å². The molecule has 2 rings (SSSR count). The van der Waals surface area contributed by atoms with Gasteiger partial charge in [0, 0.05) is 12.6 Å². The van der Waals surface area contributed by atoms with Crippen molar-refractivity contribution in [2.45, 2.75) is 6.54 Å². The highest BCUT2D eigenvalue weighted by molar-refractivity contribution is 6.30. The summed E-state index contributed by atoms with van der Waals surface area (Å²) in [5, 5.41) is 3.33. The van der Waals surface area contributed by atoms with Crippen LogP contribution in [-0.4, -0.2) is 14.2 Å². The molecule has 0 bridgehead atoms. The van der Waals surface area contributed by atoms with E-state index in [2.05, 4.69) is 5.32 Å². The van der Waals surface area contributed by atoms with Gasteiger partial charge in [0.05, 0.1) is 24.9 Å². The van der Waals surface area contributed by atoms with Crippen molar-refractivity contribution in [3.8, 4) is 11.5 Å². The van der Waals surface area contributed by atoms with E-state index in [1.807, 2.05) is 18.2 Å². The lowest BCUT2D eigenvalue weighted by Gasteiger charge is -2.13. The van der Waals surface area contributed by atoms with Crippen molar-refractivity contribution in [3.63, 3.8) is 0 Å². The molecule has 0 fully saturated rings. The highest BCUT2D eigenvalue weighted by Gasteiger charge is 2.06. The first-order chi connectivity index (χ1) is 9.63. The molecule has 1 N–H and O–H groups in total. The second kappa shape index (κ2) is 6.48. The van der Waals surface area contributed by atoms with E-state index in [1.54, 1.807) is 26.4 Å². The van der Waals surface area contributed by atoms with Gasteiger partial charge < -0.3 is 14.8 Å². The van der Waals surface area contributed by atoms with Gasteiger partial charge in [0.15, 0.2) is 0 Å². The Morgan fingerprint density at radius 3 is 2.55 bits per heavy atom. The van der Waals surface area contributed by atoms with E-state index in [1.165, 1.54) is 6.07 Å². The van der Waals surface area contributed by atoms with Crippen LogP contribution in [0.3, 0.4) is 0 Å². The number of anilines is 1. The minimum absolute atomic E-state index is 0.113. The zero-order valence-electron chi connectivity index (χ0n) is 11.2. The van der Waals surface area contributed by atoms with Crippen molar-refractivity contribution in [2.75, 3.05) is 19.5 Å². The molecule has 20 heavy (non-hydrogen) atoms. The summed E-state index contributed by atoms with van der Waals surface area (Å²) in [5.41, 5.74) is 1.67. The maximum absolute atomic E-state index is 13.1. The summed E-state index contributed by atoms with van der Waals surface area (Å²) in [6.45, 7) is 0.503. The minimum atomic E-state index is -0.422. The van der Waals surface area contributed by atoms with Crippen molar-refractivity contribution in [1.82, 2.24) is 0 Å². The Hall–Kier alpha value is -1.94. The van der Waals surface area contributed by atoms with Gasteiger partial charge in [-0.15, -0.1) is 0 Å². The molecule has 5 heteroatoms. The normalized spacial score (nSPS) is 10.2. The van der Waals surface area contributed by atoms with Crippen molar-refractivity contribution in [2.24, 2.45) is 0 Å². The van der Waals surface area contributed by atoms with Gasteiger partial charge in [-0.3, -0.25) is 0 Å². The van der Waals surface area contributed by atoms with Gasteiger partial charge in [-0.25, -0.2) is 4.39 Å². The molecule has 0 amide bonds. The molecule has 0 radical (unpaired) electrons. The second-order valence-electron chi connectivity index (χ2n) is 4.17. The highest BCUT2D eigenvalue weighted by Crippen LogP contribution is 2.29. The van der Waals surface area contributed by atoms with Crippen LogP contribution in [0.1, 0.15) is 5.56 Å².